The molecular weight excluding hydrogens is 691 g/mol. The Bertz CT molecular complexity index is 3140. The summed E-state index contributed by atoms with van der Waals surface area (Å²) in [5.41, 5.74) is 20.0. The average molecular weight is 724 g/mol. The van der Waals surface area contributed by atoms with Gasteiger partial charge in [0.1, 0.15) is 0 Å². The number of hydrogen-bond acceptors (Lipinski definition) is 3. The van der Waals surface area contributed by atoms with Crippen molar-refractivity contribution in [3.8, 4) is 66.9 Å². The molecule has 0 unspecified atom stereocenters. The van der Waals surface area contributed by atoms with Crippen LogP contribution in [-0.2, 0) is 5.41 Å². The van der Waals surface area contributed by atoms with Gasteiger partial charge in [-0.2, -0.15) is 0 Å². The first-order valence-corrected chi connectivity index (χ1v) is 19.5. The van der Waals surface area contributed by atoms with E-state index in [1.54, 1.807) is 0 Å². The molecule has 0 bridgehead atoms. The Morgan fingerprint density at radius 3 is 1.49 bits per heavy atom. The predicted molar refractivity (Wildman–Crippen MR) is 233 cm³/mol. The first kappa shape index (κ1) is 31.8. The molecule has 264 valence electrons. The van der Waals surface area contributed by atoms with Crippen molar-refractivity contribution in [2.75, 3.05) is 0 Å². The Labute approximate surface area is 330 Å². The number of fused-ring (bicyclic) bond motifs is 14. The molecule has 2 aliphatic rings. The second-order valence-corrected chi connectivity index (χ2v) is 15.1. The molecule has 10 aromatic rings. The van der Waals surface area contributed by atoms with E-state index in [9.17, 15) is 0 Å². The number of para-hydroxylation sites is 1. The molecule has 3 heterocycles. The lowest BCUT2D eigenvalue weighted by molar-refractivity contribution is 0.794. The molecule has 57 heavy (non-hydrogen) atoms. The van der Waals surface area contributed by atoms with Crippen LogP contribution in [0, 0.1) is 0 Å². The number of benzene rings is 7. The predicted octanol–water partition coefficient (Wildman–Crippen LogP) is 13.2. The summed E-state index contributed by atoms with van der Waals surface area (Å²) in [6, 6.07) is 64.5. The van der Waals surface area contributed by atoms with E-state index >= 15 is 0 Å². The van der Waals surface area contributed by atoms with E-state index < -0.39 is 5.41 Å². The van der Waals surface area contributed by atoms with Gasteiger partial charge in [-0.25, -0.2) is 4.98 Å². The monoisotopic (exact) mass is 723 g/mol. The van der Waals surface area contributed by atoms with Crippen molar-refractivity contribution >= 4 is 21.7 Å². The van der Waals surface area contributed by atoms with Crippen molar-refractivity contribution in [3.63, 3.8) is 0 Å². The van der Waals surface area contributed by atoms with Gasteiger partial charge in [-0.1, -0.05) is 121 Å². The van der Waals surface area contributed by atoms with Gasteiger partial charge in [0.25, 0.3) is 0 Å². The highest BCUT2D eigenvalue weighted by Gasteiger charge is 2.52. The van der Waals surface area contributed by atoms with Gasteiger partial charge in [-0.3, -0.25) is 9.97 Å². The maximum absolute atomic E-state index is 5.47. The van der Waals surface area contributed by atoms with Crippen molar-refractivity contribution in [1.29, 1.82) is 0 Å². The van der Waals surface area contributed by atoms with Gasteiger partial charge in [0.05, 0.1) is 16.6 Å². The van der Waals surface area contributed by atoms with Crippen molar-refractivity contribution in [2.24, 2.45) is 0 Å². The Hall–Kier alpha value is -7.49. The van der Waals surface area contributed by atoms with Gasteiger partial charge in [-0.15, -0.1) is 0 Å². The molecule has 0 radical (unpaired) electrons. The summed E-state index contributed by atoms with van der Waals surface area (Å²) in [6.07, 6.45) is 7.41. The third-order valence-electron chi connectivity index (χ3n) is 12.3. The van der Waals surface area contributed by atoms with Gasteiger partial charge < -0.3 is 0 Å². The molecule has 0 saturated heterocycles. The Morgan fingerprint density at radius 2 is 0.842 bits per heavy atom. The molecular formula is C54H33N3. The minimum absolute atomic E-state index is 0.413. The minimum Gasteiger partial charge on any atom is -0.265 e. The highest BCUT2D eigenvalue weighted by molar-refractivity contribution is 6.20. The molecule has 0 fully saturated rings. The molecule has 0 aliphatic heterocycles. The maximum atomic E-state index is 5.47. The standard InChI is InChI=1S/C54H33N3/c1-5-16-46-41(12-1)42-13-2-6-17-47(42)54(46)48-18-7-3-14-43(48)52-49(54)21-20-45-51(52)44-15-4-8-19-50(44)57-53(45)37-11-9-10-36(30-37)40-32-38(34-22-26-55-27-23-34)31-39(33-40)35-24-28-56-29-25-35/h1-33H. The van der Waals surface area contributed by atoms with Crippen LogP contribution in [0.2, 0.25) is 0 Å². The van der Waals surface area contributed by atoms with Crippen molar-refractivity contribution in [2.45, 2.75) is 5.41 Å². The average Bonchev–Trinajstić information content (AvgIpc) is 3.77. The Kier molecular flexibility index (Phi) is 6.84. The number of pyridine rings is 3. The van der Waals surface area contributed by atoms with Gasteiger partial charge in [0, 0.05) is 46.5 Å². The molecule has 0 saturated carbocycles. The summed E-state index contributed by atoms with van der Waals surface area (Å²) in [6.45, 7) is 0. The zero-order valence-electron chi connectivity index (χ0n) is 30.9. The Morgan fingerprint density at radius 1 is 0.333 bits per heavy atom. The largest absolute Gasteiger partial charge is 0.265 e. The zero-order chi connectivity index (χ0) is 37.5. The van der Waals surface area contributed by atoms with Crippen LogP contribution in [0.25, 0.3) is 88.6 Å². The summed E-state index contributed by atoms with van der Waals surface area (Å²) in [4.78, 5) is 14.0. The van der Waals surface area contributed by atoms with Crippen LogP contribution < -0.4 is 0 Å². The van der Waals surface area contributed by atoms with Gasteiger partial charge in [-0.05, 0) is 132 Å². The molecule has 2 aliphatic carbocycles. The van der Waals surface area contributed by atoms with E-state index in [0.29, 0.717) is 0 Å². The van der Waals surface area contributed by atoms with Crippen LogP contribution >= 0.6 is 0 Å². The second-order valence-electron chi connectivity index (χ2n) is 15.1. The lowest BCUT2D eigenvalue weighted by Crippen LogP contribution is -2.25. The smallest absolute Gasteiger partial charge is 0.0788 e. The normalized spacial score (nSPS) is 13.1. The zero-order valence-corrected chi connectivity index (χ0v) is 30.9. The van der Waals surface area contributed by atoms with E-state index in [0.717, 1.165) is 55.5 Å². The lowest BCUT2D eigenvalue weighted by Gasteiger charge is -2.30. The minimum atomic E-state index is -0.413. The molecule has 3 aromatic heterocycles. The van der Waals surface area contributed by atoms with E-state index in [-0.39, 0.29) is 0 Å². The summed E-state index contributed by atoms with van der Waals surface area (Å²) < 4.78 is 0. The van der Waals surface area contributed by atoms with E-state index in [2.05, 4.69) is 186 Å². The highest BCUT2D eigenvalue weighted by atomic mass is 14.7. The van der Waals surface area contributed by atoms with Crippen LogP contribution in [0.3, 0.4) is 0 Å². The molecule has 0 N–H and O–H groups in total. The van der Waals surface area contributed by atoms with Crippen LogP contribution in [0.15, 0.2) is 201 Å². The van der Waals surface area contributed by atoms with Crippen molar-refractivity contribution < 1.29 is 0 Å². The summed E-state index contributed by atoms with van der Waals surface area (Å²) in [7, 11) is 0. The van der Waals surface area contributed by atoms with E-state index in [1.165, 1.54) is 55.3 Å². The molecule has 0 atom stereocenters. The number of rotatable bonds is 4. The number of hydrogen-bond donors (Lipinski definition) is 0. The molecule has 3 nitrogen and oxygen atoms in total. The van der Waals surface area contributed by atoms with E-state index in [4.69, 9.17) is 4.98 Å². The molecule has 3 heteroatoms. The van der Waals surface area contributed by atoms with Gasteiger partial charge >= 0.3 is 0 Å². The second kappa shape index (κ2) is 12.3. The first-order valence-electron chi connectivity index (χ1n) is 19.5. The molecule has 1 spiro atoms. The molecule has 0 amide bonds. The fourth-order valence-corrected chi connectivity index (χ4v) is 9.91. The fourth-order valence-electron chi connectivity index (χ4n) is 9.91. The molecule has 7 aromatic carbocycles. The lowest BCUT2D eigenvalue weighted by atomic mass is 9.70. The first-order chi connectivity index (χ1) is 28.3. The summed E-state index contributed by atoms with van der Waals surface area (Å²) >= 11 is 0. The fraction of sp³-hybridized carbons (Fsp3) is 0.0185. The van der Waals surface area contributed by atoms with Crippen LogP contribution in [0.1, 0.15) is 22.3 Å². The van der Waals surface area contributed by atoms with Gasteiger partial charge in [0.15, 0.2) is 0 Å². The van der Waals surface area contributed by atoms with Crippen molar-refractivity contribution in [3.05, 3.63) is 223 Å². The van der Waals surface area contributed by atoms with Crippen LogP contribution in [-0.4, -0.2) is 15.0 Å². The van der Waals surface area contributed by atoms with Crippen LogP contribution in [0.5, 0.6) is 0 Å². The Balaban J connectivity index is 1.11. The third-order valence-corrected chi connectivity index (χ3v) is 12.3. The van der Waals surface area contributed by atoms with Crippen molar-refractivity contribution in [1.82, 2.24) is 15.0 Å². The quantitative estimate of drug-likeness (QED) is 0.170. The van der Waals surface area contributed by atoms with Gasteiger partial charge in [0.2, 0.25) is 0 Å². The van der Waals surface area contributed by atoms with Crippen LogP contribution in [0.4, 0.5) is 0 Å². The topological polar surface area (TPSA) is 38.7 Å². The van der Waals surface area contributed by atoms with E-state index in [1.807, 2.05) is 24.8 Å². The summed E-state index contributed by atoms with van der Waals surface area (Å²) in [5, 5.41) is 3.58. The SMILES string of the molecule is c1cc(-c2cc(-c3ccncc3)cc(-c3ccncc3)c2)cc(-c2nc3ccccc3c3c4c(ccc23)C2(c3ccccc3-c3ccccc32)c2ccccc2-4)c1. The third kappa shape index (κ3) is 4.57. The summed E-state index contributed by atoms with van der Waals surface area (Å²) in [5.74, 6) is 0. The molecule has 12 rings (SSSR count). The maximum Gasteiger partial charge on any atom is 0.0788 e. The number of nitrogens with zero attached hydrogens (tertiary/aromatic N) is 3. The number of aromatic nitrogens is 3. The highest BCUT2D eigenvalue weighted by Crippen LogP contribution is 2.64.